The van der Waals surface area contributed by atoms with E-state index in [0.717, 1.165) is 18.8 Å². The van der Waals surface area contributed by atoms with Gasteiger partial charge in [-0.05, 0) is 34.0 Å². The van der Waals surface area contributed by atoms with Gasteiger partial charge in [0.25, 0.3) is 0 Å². The van der Waals surface area contributed by atoms with Gasteiger partial charge in [0.05, 0.1) is 23.8 Å². The largest absolute Gasteiger partial charge is 0.387 e. The molecule has 0 aliphatic carbocycles. The Morgan fingerprint density at radius 2 is 2.06 bits per heavy atom. The number of aromatic nitrogens is 1. The highest BCUT2D eigenvalue weighted by Crippen LogP contribution is 2.19. The molecule has 0 aliphatic heterocycles. The molecule has 0 amide bonds. The highest BCUT2D eigenvalue weighted by Gasteiger charge is 2.14. The molecule has 96 valence electrons. The maximum absolute atomic E-state index is 4.27. The summed E-state index contributed by atoms with van der Waals surface area (Å²) in [5, 5.41) is 3.13. The first-order valence-electron chi connectivity index (χ1n) is 6.12. The van der Waals surface area contributed by atoms with Crippen molar-refractivity contribution < 1.29 is 0 Å². The van der Waals surface area contributed by atoms with Crippen LogP contribution in [0.15, 0.2) is 18.5 Å². The molecule has 1 aromatic heterocycles. The molecule has 0 fully saturated rings. The van der Waals surface area contributed by atoms with Crippen LogP contribution in [0.5, 0.6) is 0 Å². The fourth-order valence-corrected chi connectivity index (χ4v) is 2.10. The zero-order valence-corrected chi connectivity index (χ0v) is 11.6. The molecule has 0 bridgehead atoms. The summed E-state index contributed by atoms with van der Waals surface area (Å²) in [5.41, 5.74) is 2.23. The minimum absolute atomic E-state index is 0.476. The fourth-order valence-electron chi connectivity index (χ4n) is 2.10. The third-order valence-corrected chi connectivity index (χ3v) is 2.85. The van der Waals surface area contributed by atoms with Crippen LogP contribution in [0.25, 0.3) is 0 Å². The van der Waals surface area contributed by atoms with Crippen molar-refractivity contribution in [3.05, 3.63) is 18.5 Å². The molecular formula is C13H24N4. The standard InChI is InChI=1S/C13H24N4/c1-6-17(11(2)10-16(4)5)13-7-12(14-3)8-15-9-13/h7-9,11,14H,6,10H2,1-5H3. The molecule has 4 nitrogen and oxygen atoms in total. The Morgan fingerprint density at radius 1 is 1.35 bits per heavy atom. The molecule has 0 saturated heterocycles. The Hall–Kier alpha value is -1.29. The van der Waals surface area contributed by atoms with Crippen molar-refractivity contribution in [1.82, 2.24) is 9.88 Å². The van der Waals surface area contributed by atoms with Crippen LogP contribution in [-0.4, -0.2) is 50.2 Å². The SMILES string of the molecule is CCN(c1cncc(NC)c1)C(C)CN(C)C. The summed E-state index contributed by atoms with van der Waals surface area (Å²) >= 11 is 0. The van der Waals surface area contributed by atoms with Gasteiger partial charge in [0.1, 0.15) is 0 Å². The summed E-state index contributed by atoms with van der Waals surface area (Å²) in [6, 6.07) is 2.62. The average molecular weight is 236 g/mol. The molecule has 0 aromatic carbocycles. The molecule has 1 heterocycles. The molecule has 0 radical (unpaired) electrons. The Morgan fingerprint density at radius 3 is 2.59 bits per heavy atom. The van der Waals surface area contributed by atoms with Gasteiger partial charge in [-0.3, -0.25) is 4.98 Å². The van der Waals surface area contributed by atoms with E-state index in [0.29, 0.717) is 6.04 Å². The summed E-state index contributed by atoms with van der Waals surface area (Å²) in [4.78, 5) is 8.85. The van der Waals surface area contributed by atoms with Gasteiger partial charge in [0.2, 0.25) is 0 Å². The Labute approximate surface area is 105 Å². The number of anilines is 2. The van der Waals surface area contributed by atoms with Crippen LogP contribution >= 0.6 is 0 Å². The van der Waals surface area contributed by atoms with E-state index in [9.17, 15) is 0 Å². The average Bonchev–Trinajstić information content (AvgIpc) is 2.29. The molecular weight excluding hydrogens is 212 g/mol. The maximum atomic E-state index is 4.27. The van der Waals surface area contributed by atoms with Crippen LogP contribution in [0.1, 0.15) is 13.8 Å². The van der Waals surface area contributed by atoms with Gasteiger partial charge in [-0.2, -0.15) is 0 Å². The lowest BCUT2D eigenvalue weighted by Gasteiger charge is -2.32. The number of hydrogen-bond acceptors (Lipinski definition) is 4. The molecule has 1 rings (SSSR count). The highest BCUT2D eigenvalue weighted by molar-refractivity contribution is 5.55. The first-order chi connectivity index (χ1) is 8.08. The molecule has 1 N–H and O–H groups in total. The van der Waals surface area contributed by atoms with Gasteiger partial charge in [-0.1, -0.05) is 0 Å². The molecule has 1 unspecified atom stereocenters. The lowest BCUT2D eigenvalue weighted by molar-refractivity contribution is 0.373. The van der Waals surface area contributed by atoms with Crippen LogP contribution in [-0.2, 0) is 0 Å². The predicted octanol–water partition coefficient (Wildman–Crippen LogP) is 1.90. The molecule has 0 saturated carbocycles. The van der Waals surface area contributed by atoms with E-state index in [2.05, 4.69) is 54.1 Å². The monoisotopic (exact) mass is 236 g/mol. The van der Waals surface area contributed by atoms with Gasteiger partial charge < -0.3 is 15.1 Å². The van der Waals surface area contributed by atoms with Crippen molar-refractivity contribution in [2.75, 3.05) is 44.4 Å². The number of nitrogens with one attached hydrogen (secondary N) is 1. The minimum atomic E-state index is 0.476. The summed E-state index contributed by atoms with van der Waals surface area (Å²) in [6.45, 7) is 6.45. The lowest BCUT2D eigenvalue weighted by Crippen LogP contribution is -2.40. The van der Waals surface area contributed by atoms with Crippen molar-refractivity contribution in [1.29, 1.82) is 0 Å². The molecule has 1 atom stereocenters. The van der Waals surface area contributed by atoms with E-state index in [4.69, 9.17) is 0 Å². The first-order valence-corrected chi connectivity index (χ1v) is 6.12. The number of likely N-dealkylation sites (N-methyl/N-ethyl adjacent to an activating group) is 2. The molecule has 17 heavy (non-hydrogen) atoms. The van der Waals surface area contributed by atoms with Crippen LogP contribution < -0.4 is 10.2 Å². The first kappa shape index (κ1) is 13.8. The van der Waals surface area contributed by atoms with E-state index < -0.39 is 0 Å². The van der Waals surface area contributed by atoms with Crippen molar-refractivity contribution in [3.8, 4) is 0 Å². The summed E-state index contributed by atoms with van der Waals surface area (Å²) in [5.74, 6) is 0. The zero-order chi connectivity index (χ0) is 12.8. The van der Waals surface area contributed by atoms with E-state index in [-0.39, 0.29) is 0 Å². The highest BCUT2D eigenvalue weighted by atomic mass is 15.2. The second-order valence-corrected chi connectivity index (χ2v) is 4.58. The second-order valence-electron chi connectivity index (χ2n) is 4.58. The summed E-state index contributed by atoms with van der Waals surface area (Å²) < 4.78 is 0. The smallest absolute Gasteiger partial charge is 0.0576 e. The molecule has 1 aromatic rings. The van der Waals surface area contributed by atoms with E-state index in [1.807, 2.05) is 19.4 Å². The number of pyridine rings is 1. The quantitative estimate of drug-likeness (QED) is 0.817. The van der Waals surface area contributed by atoms with Gasteiger partial charge in [0, 0.05) is 26.2 Å². The normalized spacial score (nSPS) is 12.6. The van der Waals surface area contributed by atoms with Crippen molar-refractivity contribution in [2.24, 2.45) is 0 Å². The molecule has 0 aliphatic rings. The van der Waals surface area contributed by atoms with Gasteiger partial charge >= 0.3 is 0 Å². The number of rotatable bonds is 6. The number of hydrogen-bond donors (Lipinski definition) is 1. The number of nitrogens with zero attached hydrogens (tertiary/aromatic N) is 3. The molecule has 4 heteroatoms. The minimum Gasteiger partial charge on any atom is -0.387 e. The third-order valence-electron chi connectivity index (χ3n) is 2.85. The summed E-state index contributed by atoms with van der Waals surface area (Å²) in [7, 11) is 6.12. The predicted molar refractivity (Wildman–Crippen MR) is 74.8 cm³/mol. The topological polar surface area (TPSA) is 31.4 Å². The van der Waals surface area contributed by atoms with Crippen LogP contribution in [0.3, 0.4) is 0 Å². The van der Waals surface area contributed by atoms with Crippen LogP contribution in [0.2, 0.25) is 0 Å². The fraction of sp³-hybridized carbons (Fsp3) is 0.615. The van der Waals surface area contributed by atoms with Crippen LogP contribution in [0.4, 0.5) is 11.4 Å². The Kier molecular flexibility index (Phi) is 5.22. The van der Waals surface area contributed by atoms with Crippen molar-refractivity contribution >= 4 is 11.4 Å². The third kappa shape index (κ3) is 3.89. The van der Waals surface area contributed by atoms with E-state index >= 15 is 0 Å². The Balaban J connectivity index is 2.84. The second kappa shape index (κ2) is 6.45. The van der Waals surface area contributed by atoms with E-state index in [1.54, 1.807) is 0 Å². The van der Waals surface area contributed by atoms with Crippen LogP contribution in [0, 0.1) is 0 Å². The Bertz CT molecular complexity index is 338. The maximum Gasteiger partial charge on any atom is 0.0576 e. The van der Waals surface area contributed by atoms with Gasteiger partial charge in [-0.25, -0.2) is 0 Å². The summed E-state index contributed by atoms with van der Waals surface area (Å²) in [6.07, 6.45) is 3.77. The zero-order valence-electron chi connectivity index (χ0n) is 11.6. The molecule has 0 spiro atoms. The lowest BCUT2D eigenvalue weighted by atomic mass is 10.2. The van der Waals surface area contributed by atoms with Crippen molar-refractivity contribution in [2.45, 2.75) is 19.9 Å². The van der Waals surface area contributed by atoms with Gasteiger partial charge in [0.15, 0.2) is 0 Å². The van der Waals surface area contributed by atoms with Crippen molar-refractivity contribution in [3.63, 3.8) is 0 Å². The van der Waals surface area contributed by atoms with E-state index in [1.165, 1.54) is 5.69 Å². The van der Waals surface area contributed by atoms with Gasteiger partial charge in [-0.15, -0.1) is 0 Å².